The van der Waals surface area contributed by atoms with Crippen molar-refractivity contribution in [3.05, 3.63) is 34.9 Å². The molecule has 1 nitrogen and oxygen atoms in total. The van der Waals surface area contributed by atoms with E-state index < -0.39 is 0 Å². The van der Waals surface area contributed by atoms with Crippen LogP contribution in [-0.4, -0.2) is 0 Å². The number of hydrogen-bond donors (Lipinski definition) is 1. The zero-order valence-electron chi connectivity index (χ0n) is 12.3. The van der Waals surface area contributed by atoms with E-state index in [0.29, 0.717) is 11.3 Å². The van der Waals surface area contributed by atoms with Crippen molar-refractivity contribution in [2.45, 2.75) is 59.4 Å². The predicted octanol–water partition coefficient (Wildman–Crippen LogP) is 4.52. The van der Waals surface area contributed by atoms with Crippen LogP contribution < -0.4 is 5.73 Å². The summed E-state index contributed by atoms with van der Waals surface area (Å²) in [5.74, 6) is 0.618. The van der Waals surface area contributed by atoms with Gasteiger partial charge in [-0.05, 0) is 49.1 Å². The summed E-state index contributed by atoms with van der Waals surface area (Å²) in [7, 11) is 0. The van der Waals surface area contributed by atoms with Crippen LogP contribution in [-0.2, 0) is 0 Å². The highest BCUT2D eigenvalue weighted by atomic mass is 14.7. The molecule has 1 aliphatic rings. The van der Waals surface area contributed by atoms with Gasteiger partial charge in [0.05, 0.1) is 0 Å². The highest BCUT2D eigenvalue weighted by Gasteiger charge is 2.36. The van der Waals surface area contributed by atoms with Gasteiger partial charge in [0, 0.05) is 6.04 Å². The van der Waals surface area contributed by atoms with Crippen molar-refractivity contribution in [3.8, 4) is 0 Å². The monoisotopic (exact) mass is 245 g/mol. The first-order chi connectivity index (χ1) is 8.42. The molecule has 1 fully saturated rings. The van der Waals surface area contributed by atoms with Crippen LogP contribution in [0.2, 0.25) is 0 Å². The van der Waals surface area contributed by atoms with Crippen molar-refractivity contribution < 1.29 is 0 Å². The van der Waals surface area contributed by atoms with Crippen LogP contribution in [0.15, 0.2) is 18.2 Å². The first-order valence-electron chi connectivity index (χ1n) is 7.24. The van der Waals surface area contributed by atoms with E-state index in [-0.39, 0.29) is 6.04 Å². The van der Waals surface area contributed by atoms with E-state index in [1.807, 2.05) is 0 Å². The van der Waals surface area contributed by atoms with Crippen LogP contribution in [0.5, 0.6) is 0 Å². The molecular formula is C17H27N. The first kappa shape index (κ1) is 13.6. The Morgan fingerprint density at radius 1 is 1.22 bits per heavy atom. The van der Waals surface area contributed by atoms with Crippen molar-refractivity contribution in [2.24, 2.45) is 17.1 Å². The number of aryl methyl sites for hydroxylation is 2. The van der Waals surface area contributed by atoms with Crippen molar-refractivity contribution in [3.63, 3.8) is 0 Å². The van der Waals surface area contributed by atoms with E-state index in [2.05, 4.69) is 45.9 Å². The molecule has 0 spiro atoms. The Morgan fingerprint density at radius 2 is 1.94 bits per heavy atom. The van der Waals surface area contributed by atoms with Gasteiger partial charge in [0.1, 0.15) is 0 Å². The molecular weight excluding hydrogens is 218 g/mol. The van der Waals surface area contributed by atoms with Gasteiger partial charge in [-0.2, -0.15) is 0 Å². The molecule has 0 aromatic heterocycles. The maximum absolute atomic E-state index is 6.60. The van der Waals surface area contributed by atoms with Gasteiger partial charge in [-0.3, -0.25) is 0 Å². The summed E-state index contributed by atoms with van der Waals surface area (Å²) >= 11 is 0. The minimum Gasteiger partial charge on any atom is -0.324 e. The van der Waals surface area contributed by atoms with Gasteiger partial charge in [0.15, 0.2) is 0 Å². The van der Waals surface area contributed by atoms with E-state index in [4.69, 9.17) is 5.73 Å². The standard InChI is InChI=1S/C17H27N/c1-12-8-9-14(13(2)11-12)16(18)15-7-5-6-10-17(15,3)4/h8-9,11,15-16H,5-7,10,18H2,1-4H3. The molecule has 100 valence electrons. The Hall–Kier alpha value is -0.820. The normalized spacial score (nSPS) is 24.8. The lowest BCUT2D eigenvalue weighted by atomic mass is 9.64. The zero-order valence-corrected chi connectivity index (χ0v) is 12.3. The molecule has 1 aromatic carbocycles. The average molecular weight is 245 g/mol. The Labute approximate surface area is 112 Å². The third-order valence-corrected chi connectivity index (χ3v) is 4.81. The molecule has 1 aromatic rings. The lowest BCUT2D eigenvalue weighted by Gasteiger charge is -2.42. The SMILES string of the molecule is Cc1ccc(C(N)C2CCCCC2(C)C)c(C)c1. The molecule has 2 rings (SSSR count). The quantitative estimate of drug-likeness (QED) is 0.814. The number of nitrogens with two attached hydrogens (primary N) is 1. The zero-order chi connectivity index (χ0) is 13.3. The van der Waals surface area contributed by atoms with E-state index in [0.717, 1.165) is 0 Å². The highest BCUT2D eigenvalue weighted by molar-refractivity contribution is 5.33. The third-order valence-electron chi connectivity index (χ3n) is 4.81. The predicted molar refractivity (Wildman–Crippen MR) is 78.6 cm³/mol. The minimum atomic E-state index is 0.195. The molecule has 0 amide bonds. The molecule has 2 N–H and O–H groups in total. The van der Waals surface area contributed by atoms with Gasteiger partial charge in [0.25, 0.3) is 0 Å². The molecule has 18 heavy (non-hydrogen) atoms. The van der Waals surface area contributed by atoms with Crippen molar-refractivity contribution in [2.75, 3.05) is 0 Å². The van der Waals surface area contributed by atoms with Crippen LogP contribution >= 0.6 is 0 Å². The maximum atomic E-state index is 6.60. The summed E-state index contributed by atoms with van der Waals surface area (Å²) < 4.78 is 0. The number of rotatable bonds is 2. The van der Waals surface area contributed by atoms with E-state index in [1.54, 1.807) is 0 Å². The first-order valence-corrected chi connectivity index (χ1v) is 7.24. The molecule has 0 heterocycles. The lowest BCUT2D eigenvalue weighted by molar-refractivity contribution is 0.112. The molecule has 0 saturated heterocycles. The summed E-state index contributed by atoms with van der Waals surface area (Å²) in [6.07, 6.45) is 5.30. The molecule has 1 heteroatoms. The van der Waals surface area contributed by atoms with Crippen molar-refractivity contribution in [1.29, 1.82) is 0 Å². The molecule has 1 aliphatic carbocycles. The van der Waals surface area contributed by atoms with E-state index in [9.17, 15) is 0 Å². The third kappa shape index (κ3) is 2.61. The minimum absolute atomic E-state index is 0.195. The smallest absolute Gasteiger partial charge is 0.0331 e. The lowest BCUT2D eigenvalue weighted by Crippen LogP contribution is -2.36. The fourth-order valence-corrected chi connectivity index (χ4v) is 3.60. The van der Waals surface area contributed by atoms with Gasteiger partial charge in [-0.25, -0.2) is 0 Å². The van der Waals surface area contributed by atoms with Gasteiger partial charge < -0.3 is 5.73 Å². The Bertz CT molecular complexity index is 420. The van der Waals surface area contributed by atoms with Crippen LogP contribution in [0.25, 0.3) is 0 Å². The second-order valence-electron chi connectivity index (χ2n) is 6.73. The van der Waals surface area contributed by atoms with Gasteiger partial charge >= 0.3 is 0 Å². The van der Waals surface area contributed by atoms with E-state index in [1.165, 1.54) is 42.4 Å². The molecule has 0 bridgehead atoms. The van der Waals surface area contributed by atoms with Crippen molar-refractivity contribution in [1.82, 2.24) is 0 Å². The molecule has 2 atom stereocenters. The molecule has 2 unspecified atom stereocenters. The summed E-state index contributed by atoms with van der Waals surface area (Å²) in [5.41, 5.74) is 11.0. The van der Waals surface area contributed by atoms with E-state index >= 15 is 0 Å². The van der Waals surface area contributed by atoms with Crippen LogP contribution in [0, 0.1) is 25.2 Å². The molecule has 1 saturated carbocycles. The number of hydrogen-bond acceptors (Lipinski definition) is 1. The maximum Gasteiger partial charge on any atom is 0.0331 e. The molecule has 0 aliphatic heterocycles. The fraction of sp³-hybridized carbons (Fsp3) is 0.647. The van der Waals surface area contributed by atoms with Gasteiger partial charge in [-0.15, -0.1) is 0 Å². The average Bonchev–Trinajstić information content (AvgIpc) is 2.27. The summed E-state index contributed by atoms with van der Waals surface area (Å²) in [5, 5.41) is 0. The summed E-state index contributed by atoms with van der Waals surface area (Å²) in [6, 6.07) is 6.88. The fourth-order valence-electron chi connectivity index (χ4n) is 3.60. The van der Waals surface area contributed by atoms with Crippen LogP contribution in [0.1, 0.15) is 62.3 Å². The Balaban J connectivity index is 2.27. The number of benzene rings is 1. The van der Waals surface area contributed by atoms with Gasteiger partial charge in [0.2, 0.25) is 0 Å². The summed E-state index contributed by atoms with van der Waals surface area (Å²) in [6.45, 7) is 9.12. The second-order valence-corrected chi connectivity index (χ2v) is 6.73. The summed E-state index contributed by atoms with van der Waals surface area (Å²) in [4.78, 5) is 0. The largest absolute Gasteiger partial charge is 0.324 e. The topological polar surface area (TPSA) is 26.0 Å². The van der Waals surface area contributed by atoms with Crippen LogP contribution in [0.4, 0.5) is 0 Å². The Morgan fingerprint density at radius 3 is 2.56 bits per heavy atom. The van der Waals surface area contributed by atoms with Crippen molar-refractivity contribution >= 4 is 0 Å². The van der Waals surface area contributed by atoms with Crippen LogP contribution in [0.3, 0.4) is 0 Å². The highest BCUT2D eigenvalue weighted by Crippen LogP contribution is 2.46. The molecule has 0 radical (unpaired) electrons. The second kappa shape index (κ2) is 5.05. The van der Waals surface area contributed by atoms with Gasteiger partial charge in [-0.1, -0.05) is 50.5 Å². The Kier molecular flexibility index (Phi) is 3.82.